The van der Waals surface area contributed by atoms with Gasteiger partial charge in [-0.2, -0.15) is 18.3 Å². The van der Waals surface area contributed by atoms with E-state index < -0.39 is 23.3 Å². The van der Waals surface area contributed by atoms with Gasteiger partial charge in [-0.3, -0.25) is 4.79 Å². The number of aromatic nitrogens is 4. The van der Waals surface area contributed by atoms with Crippen molar-refractivity contribution in [3.05, 3.63) is 90.0 Å². The lowest BCUT2D eigenvalue weighted by atomic mass is 10.1. The van der Waals surface area contributed by atoms with Gasteiger partial charge in [-0.25, -0.2) is 14.6 Å². The fraction of sp³-hybridized carbons (Fsp3) is 0.0909. The number of carbonyl (C=O) groups excluding carboxylic acids is 1. The third kappa shape index (κ3) is 4.30. The highest BCUT2D eigenvalue weighted by molar-refractivity contribution is 6.05. The zero-order chi connectivity index (χ0) is 22.0. The summed E-state index contributed by atoms with van der Waals surface area (Å²) in [6.07, 6.45) is -2.22. The zero-order valence-corrected chi connectivity index (χ0v) is 16.3. The monoisotopic (exact) mass is 423 g/mol. The molecule has 0 aliphatic rings. The normalized spacial score (nSPS) is 11.4. The van der Waals surface area contributed by atoms with E-state index >= 15 is 0 Å². The number of hydrogen-bond acceptors (Lipinski definition) is 4. The van der Waals surface area contributed by atoms with Crippen LogP contribution in [0, 0.1) is 6.92 Å². The number of halogens is 3. The molecule has 0 spiro atoms. The summed E-state index contributed by atoms with van der Waals surface area (Å²) in [5.74, 6) is -0.393. The molecule has 9 heteroatoms. The van der Waals surface area contributed by atoms with E-state index in [2.05, 4.69) is 20.4 Å². The molecule has 4 aromatic rings. The van der Waals surface area contributed by atoms with Crippen LogP contribution in [0.3, 0.4) is 0 Å². The highest BCUT2D eigenvalue weighted by atomic mass is 19.4. The number of alkyl halides is 3. The highest BCUT2D eigenvalue weighted by Crippen LogP contribution is 2.34. The van der Waals surface area contributed by atoms with Crippen molar-refractivity contribution in [2.24, 2.45) is 0 Å². The van der Waals surface area contributed by atoms with E-state index in [-0.39, 0.29) is 5.69 Å². The Morgan fingerprint density at radius 1 is 1.00 bits per heavy atom. The number of para-hydroxylation sites is 1. The average molecular weight is 423 g/mol. The molecule has 0 aliphatic carbocycles. The van der Waals surface area contributed by atoms with Crippen molar-refractivity contribution in [2.75, 3.05) is 5.32 Å². The number of amides is 1. The van der Waals surface area contributed by atoms with Crippen LogP contribution in [0.15, 0.2) is 73.1 Å². The zero-order valence-electron chi connectivity index (χ0n) is 16.3. The van der Waals surface area contributed by atoms with Crippen LogP contribution in [0.5, 0.6) is 0 Å². The minimum atomic E-state index is -4.77. The Hall–Kier alpha value is -4.01. The summed E-state index contributed by atoms with van der Waals surface area (Å²) in [6, 6.07) is 16.1. The summed E-state index contributed by atoms with van der Waals surface area (Å²) in [7, 11) is 0. The summed E-state index contributed by atoms with van der Waals surface area (Å²) in [5.41, 5.74) is 0.355. The maximum absolute atomic E-state index is 13.7. The molecular weight excluding hydrogens is 407 g/mol. The molecule has 156 valence electrons. The Balaban J connectivity index is 1.61. The highest BCUT2D eigenvalue weighted by Gasteiger charge is 2.40. The quantitative estimate of drug-likeness (QED) is 0.506. The Kier molecular flexibility index (Phi) is 5.24. The lowest BCUT2D eigenvalue weighted by molar-refractivity contribution is -0.143. The molecule has 2 aromatic carbocycles. The molecular formula is C22H16F3N5O. The minimum Gasteiger partial charge on any atom is -0.322 e. The second kappa shape index (κ2) is 8.02. The van der Waals surface area contributed by atoms with Gasteiger partial charge in [0.05, 0.1) is 17.4 Å². The molecule has 31 heavy (non-hydrogen) atoms. The van der Waals surface area contributed by atoms with Gasteiger partial charge < -0.3 is 5.32 Å². The molecule has 1 N–H and O–H groups in total. The molecule has 0 unspecified atom stereocenters. The lowest BCUT2D eigenvalue weighted by Gasteiger charge is -2.13. The molecule has 2 aromatic heterocycles. The Labute approximate surface area is 175 Å². The summed E-state index contributed by atoms with van der Waals surface area (Å²) in [5, 5.41) is 6.29. The third-order valence-corrected chi connectivity index (χ3v) is 4.48. The smallest absolute Gasteiger partial charge is 0.322 e. The third-order valence-electron chi connectivity index (χ3n) is 4.48. The van der Waals surface area contributed by atoms with Crippen LogP contribution in [-0.4, -0.2) is 25.7 Å². The van der Waals surface area contributed by atoms with Crippen molar-refractivity contribution in [3.8, 4) is 17.1 Å². The largest absolute Gasteiger partial charge is 0.434 e. The molecule has 1 amide bonds. The van der Waals surface area contributed by atoms with Crippen molar-refractivity contribution in [1.82, 2.24) is 19.7 Å². The maximum Gasteiger partial charge on any atom is 0.434 e. The Bertz CT molecular complexity index is 1220. The Morgan fingerprint density at radius 2 is 1.71 bits per heavy atom. The van der Waals surface area contributed by atoms with Crippen LogP contribution in [0.25, 0.3) is 17.1 Å². The number of nitrogens with one attached hydrogen (secondary N) is 1. The van der Waals surface area contributed by atoms with Gasteiger partial charge in [-0.05, 0) is 49.4 Å². The number of aryl methyl sites for hydroxylation is 1. The average Bonchev–Trinajstić information content (AvgIpc) is 3.21. The van der Waals surface area contributed by atoms with E-state index in [0.29, 0.717) is 16.2 Å². The van der Waals surface area contributed by atoms with Crippen LogP contribution in [0.2, 0.25) is 0 Å². The lowest BCUT2D eigenvalue weighted by Crippen LogP contribution is -2.20. The molecule has 0 bridgehead atoms. The standard InChI is InChI=1S/C22H16F3N5O/c1-14-11-12-26-20(28-14)15-7-9-16(10-8-15)29-21(31)18-13-27-30(19(18)22(23,24)25)17-5-3-2-4-6-17/h2-13H,1H3,(H,29,31). The summed E-state index contributed by atoms with van der Waals surface area (Å²) in [6.45, 7) is 1.84. The molecule has 6 nitrogen and oxygen atoms in total. The number of benzene rings is 2. The van der Waals surface area contributed by atoms with Crippen LogP contribution < -0.4 is 5.32 Å². The number of rotatable bonds is 4. The van der Waals surface area contributed by atoms with Crippen molar-refractivity contribution >= 4 is 11.6 Å². The van der Waals surface area contributed by atoms with E-state index in [1.165, 1.54) is 12.1 Å². The van der Waals surface area contributed by atoms with Gasteiger partial charge in [-0.1, -0.05) is 18.2 Å². The number of carbonyl (C=O) groups is 1. The van der Waals surface area contributed by atoms with E-state index in [0.717, 1.165) is 17.5 Å². The summed E-state index contributed by atoms with van der Waals surface area (Å²) in [4.78, 5) is 21.1. The van der Waals surface area contributed by atoms with Crippen LogP contribution in [0.1, 0.15) is 21.7 Å². The van der Waals surface area contributed by atoms with Gasteiger partial charge in [-0.15, -0.1) is 0 Å². The fourth-order valence-corrected chi connectivity index (χ4v) is 3.04. The number of anilines is 1. The second-order valence-electron chi connectivity index (χ2n) is 6.71. The molecule has 0 fully saturated rings. The molecule has 0 atom stereocenters. The molecule has 0 radical (unpaired) electrons. The topological polar surface area (TPSA) is 72.7 Å². The van der Waals surface area contributed by atoms with Crippen molar-refractivity contribution in [3.63, 3.8) is 0 Å². The summed E-state index contributed by atoms with van der Waals surface area (Å²) < 4.78 is 42.0. The molecule has 0 aliphatic heterocycles. The van der Waals surface area contributed by atoms with E-state index in [4.69, 9.17) is 0 Å². The molecule has 4 rings (SSSR count). The first-order chi connectivity index (χ1) is 14.8. The second-order valence-corrected chi connectivity index (χ2v) is 6.71. The van der Waals surface area contributed by atoms with Gasteiger partial charge in [0.1, 0.15) is 0 Å². The van der Waals surface area contributed by atoms with E-state index in [1.54, 1.807) is 54.7 Å². The van der Waals surface area contributed by atoms with Crippen LogP contribution >= 0.6 is 0 Å². The van der Waals surface area contributed by atoms with Crippen molar-refractivity contribution < 1.29 is 18.0 Å². The fourth-order valence-electron chi connectivity index (χ4n) is 3.04. The maximum atomic E-state index is 13.7. The number of nitrogens with zero attached hydrogens (tertiary/aromatic N) is 4. The minimum absolute atomic E-state index is 0.205. The van der Waals surface area contributed by atoms with Crippen LogP contribution in [-0.2, 0) is 6.18 Å². The number of hydrogen-bond donors (Lipinski definition) is 1. The molecule has 0 saturated carbocycles. The van der Waals surface area contributed by atoms with Gasteiger partial charge >= 0.3 is 6.18 Å². The van der Waals surface area contributed by atoms with E-state index in [1.807, 2.05) is 6.92 Å². The van der Waals surface area contributed by atoms with Gasteiger partial charge in [0, 0.05) is 23.1 Å². The van der Waals surface area contributed by atoms with Crippen molar-refractivity contribution in [2.45, 2.75) is 13.1 Å². The van der Waals surface area contributed by atoms with E-state index in [9.17, 15) is 18.0 Å². The molecule has 2 heterocycles. The predicted octanol–water partition coefficient (Wildman–Crippen LogP) is 4.91. The predicted molar refractivity (Wildman–Crippen MR) is 109 cm³/mol. The first-order valence-corrected chi connectivity index (χ1v) is 9.25. The van der Waals surface area contributed by atoms with Gasteiger partial charge in [0.2, 0.25) is 0 Å². The van der Waals surface area contributed by atoms with Gasteiger partial charge in [0.15, 0.2) is 11.5 Å². The van der Waals surface area contributed by atoms with Gasteiger partial charge in [0.25, 0.3) is 5.91 Å². The summed E-state index contributed by atoms with van der Waals surface area (Å²) >= 11 is 0. The first-order valence-electron chi connectivity index (χ1n) is 9.25. The first kappa shape index (κ1) is 20.3. The Morgan fingerprint density at radius 3 is 2.35 bits per heavy atom. The SMILES string of the molecule is Cc1ccnc(-c2ccc(NC(=O)c3cnn(-c4ccccc4)c3C(F)(F)F)cc2)n1. The van der Waals surface area contributed by atoms with Crippen molar-refractivity contribution in [1.29, 1.82) is 0 Å². The molecule has 0 saturated heterocycles. The van der Waals surface area contributed by atoms with Crippen LogP contribution in [0.4, 0.5) is 18.9 Å².